The van der Waals surface area contributed by atoms with Crippen LogP contribution in [0.15, 0.2) is 12.2 Å². The zero-order valence-electron chi connectivity index (χ0n) is 15.9. The van der Waals surface area contributed by atoms with E-state index in [4.69, 9.17) is 9.97 Å². The van der Waals surface area contributed by atoms with Crippen LogP contribution in [0.5, 0.6) is 0 Å². The van der Waals surface area contributed by atoms with Crippen LogP contribution in [0, 0.1) is 0 Å². The molecule has 1 unspecified atom stereocenters. The number of nitrogens with zero attached hydrogens (tertiary/aromatic N) is 5. The zero-order valence-corrected chi connectivity index (χ0v) is 15.9. The van der Waals surface area contributed by atoms with Crippen LogP contribution in [-0.2, 0) is 17.8 Å². The molecular formula is C19H29N5O. The van der Waals surface area contributed by atoms with Crippen molar-refractivity contribution in [3.63, 3.8) is 0 Å². The lowest BCUT2D eigenvalue weighted by Crippen LogP contribution is -2.40. The number of piperidine rings is 1. The summed E-state index contributed by atoms with van der Waals surface area (Å²) in [5.41, 5.74) is 2.94. The molecule has 136 valence electrons. The van der Waals surface area contributed by atoms with Gasteiger partial charge in [-0.1, -0.05) is 6.58 Å². The Kier molecular flexibility index (Phi) is 5.08. The van der Waals surface area contributed by atoms with Crippen LogP contribution in [-0.4, -0.2) is 59.9 Å². The van der Waals surface area contributed by atoms with Gasteiger partial charge >= 0.3 is 0 Å². The predicted octanol–water partition coefficient (Wildman–Crippen LogP) is 2.16. The molecule has 1 saturated heterocycles. The first-order valence-electron chi connectivity index (χ1n) is 9.10. The van der Waals surface area contributed by atoms with Crippen molar-refractivity contribution in [2.45, 2.75) is 45.2 Å². The predicted molar refractivity (Wildman–Crippen MR) is 99.5 cm³/mol. The maximum absolute atomic E-state index is 12.6. The lowest BCUT2D eigenvalue weighted by atomic mass is 9.99. The summed E-state index contributed by atoms with van der Waals surface area (Å²) in [6, 6.07) is -0.0471. The van der Waals surface area contributed by atoms with E-state index in [-0.39, 0.29) is 11.9 Å². The van der Waals surface area contributed by atoms with Crippen molar-refractivity contribution in [2.24, 2.45) is 0 Å². The van der Waals surface area contributed by atoms with E-state index in [0.29, 0.717) is 5.57 Å². The summed E-state index contributed by atoms with van der Waals surface area (Å²) in [4.78, 5) is 28.7. The minimum atomic E-state index is -0.0471. The normalized spacial score (nSPS) is 21.0. The summed E-state index contributed by atoms with van der Waals surface area (Å²) < 4.78 is 0. The third-order valence-electron chi connectivity index (χ3n) is 5.10. The highest BCUT2D eigenvalue weighted by Crippen LogP contribution is 2.33. The van der Waals surface area contributed by atoms with E-state index in [9.17, 15) is 4.79 Å². The maximum Gasteiger partial charge on any atom is 0.249 e. The van der Waals surface area contributed by atoms with Crippen LogP contribution in [0.4, 0.5) is 5.82 Å². The molecule has 6 nitrogen and oxygen atoms in total. The number of likely N-dealkylation sites (N-methyl/N-ethyl adjacent to an activating group) is 1. The summed E-state index contributed by atoms with van der Waals surface area (Å²) >= 11 is 0. The average Bonchev–Trinajstić information content (AvgIpc) is 2.59. The van der Waals surface area contributed by atoms with Crippen molar-refractivity contribution in [3.05, 3.63) is 29.2 Å². The molecule has 6 heteroatoms. The summed E-state index contributed by atoms with van der Waals surface area (Å²) in [6.45, 7) is 8.24. The van der Waals surface area contributed by atoms with E-state index >= 15 is 0 Å². The molecule has 1 aromatic heterocycles. The number of likely N-dealkylation sites (tertiary alicyclic amines) is 1. The fourth-order valence-corrected chi connectivity index (χ4v) is 3.77. The number of aromatic nitrogens is 2. The van der Waals surface area contributed by atoms with E-state index in [2.05, 4.69) is 23.4 Å². The number of rotatable bonds is 3. The SMILES string of the molecule is C=C(C)C(=O)N1CCCCC1c1nc2c(c(N(C)C)n1)CCN(C)C2. The van der Waals surface area contributed by atoms with Gasteiger partial charge in [0.25, 0.3) is 0 Å². The molecule has 2 aliphatic rings. The number of anilines is 1. The van der Waals surface area contributed by atoms with Gasteiger partial charge in [0.15, 0.2) is 5.82 Å². The van der Waals surface area contributed by atoms with Crippen LogP contribution in [0.25, 0.3) is 0 Å². The molecule has 0 bridgehead atoms. The van der Waals surface area contributed by atoms with Gasteiger partial charge in [0.05, 0.1) is 11.7 Å². The number of hydrogen-bond acceptors (Lipinski definition) is 5. The maximum atomic E-state index is 12.6. The second kappa shape index (κ2) is 7.12. The van der Waals surface area contributed by atoms with Crippen LogP contribution < -0.4 is 4.90 Å². The number of fused-ring (bicyclic) bond motifs is 1. The van der Waals surface area contributed by atoms with Gasteiger partial charge in [0.1, 0.15) is 5.82 Å². The van der Waals surface area contributed by atoms with Crippen LogP contribution in [0.2, 0.25) is 0 Å². The molecule has 1 amide bonds. The largest absolute Gasteiger partial charge is 0.362 e. The quantitative estimate of drug-likeness (QED) is 0.787. The summed E-state index contributed by atoms with van der Waals surface area (Å²) in [5.74, 6) is 1.81. The van der Waals surface area contributed by atoms with E-state index in [1.165, 1.54) is 5.56 Å². The first-order chi connectivity index (χ1) is 11.9. The molecule has 0 saturated carbocycles. The number of hydrogen-bond donors (Lipinski definition) is 0. The minimum Gasteiger partial charge on any atom is -0.362 e. The fourth-order valence-electron chi connectivity index (χ4n) is 3.77. The Bertz CT molecular complexity index is 685. The van der Waals surface area contributed by atoms with Crippen molar-refractivity contribution >= 4 is 11.7 Å². The van der Waals surface area contributed by atoms with Crippen LogP contribution in [0.3, 0.4) is 0 Å². The van der Waals surface area contributed by atoms with Gasteiger partial charge in [-0.3, -0.25) is 4.79 Å². The third kappa shape index (κ3) is 3.54. The highest BCUT2D eigenvalue weighted by Gasteiger charge is 2.32. The van der Waals surface area contributed by atoms with Crippen molar-refractivity contribution in [3.8, 4) is 0 Å². The second-order valence-electron chi connectivity index (χ2n) is 7.50. The molecule has 25 heavy (non-hydrogen) atoms. The molecule has 3 rings (SSSR count). The van der Waals surface area contributed by atoms with Crippen LogP contribution in [0.1, 0.15) is 49.3 Å². The lowest BCUT2D eigenvalue weighted by molar-refractivity contribution is -0.131. The van der Waals surface area contributed by atoms with Gasteiger partial charge in [0, 0.05) is 44.9 Å². The zero-order chi connectivity index (χ0) is 18.1. The molecular weight excluding hydrogens is 314 g/mol. The average molecular weight is 343 g/mol. The van der Waals surface area contributed by atoms with Crippen molar-refractivity contribution in [1.82, 2.24) is 19.8 Å². The van der Waals surface area contributed by atoms with Gasteiger partial charge in [-0.15, -0.1) is 0 Å². The molecule has 0 aliphatic carbocycles. The van der Waals surface area contributed by atoms with Crippen molar-refractivity contribution < 1.29 is 4.79 Å². The second-order valence-corrected chi connectivity index (χ2v) is 7.50. The van der Waals surface area contributed by atoms with Crippen molar-refractivity contribution in [1.29, 1.82) is 0 Å². The molecule has 0 aromatic carbocycles. The summed E-state index contributed by atoms with van der Waals surface area (Å²) in [6.07, 6.45) is 4.02. The molecule has 1 aromatic rings. The van der Waals surface area contributed by atoms with Crippen molar-refractivity contribution in [2.75, 3.05) is 39.1 Å². The molecule has 1 atom stereocenters. The Labute approximate surface area is 150 Å². The topological polar surface area (TPSA) is 52.6 Å². The first kappa shape index (κ1) is 17.9. The van der Waals surface area contributed by atoms with Gasteiger partial charge in [-0.05, 0) is 39.7 Å². The number of amides is 1. The van der Waals surface area contributed by atoms with Gasteiger partial charge in [-0.25, -0.2) is 9.97 Å². The molecule has 0 N–H and O–H groups in total. The fraction of sp³-hybridized carbons (Fsp3) is 0.632. The van der Waals surface area contributed by atoms with E-state index in [1.807, 2.05) is 19.0 Å². The van der Waals surface area contributed by atoms with E-state index in [0.717, 1.165) is 62.7 Å². The van der Waals surface area contributed by atoms with Gasteiger partial charge in [0.2, 0.25) is 5.91 Å². The van der Waals surface area contributed by atoms with E-state index in [1.54, 1.807) is 6.92 Å². The smallest absolute Gasteiger partial charge is 0.249 e. The Morgan fingerprint density at radius 1 is 1.24 bits per heavy atom. The Morgan fingerprint density at radius 2 is 2.00 bits per heavy atom. The molecule has 2 aliphatic heterocycles. The monoisotopic (exact) mass is 343 g/mol. The highest BCUT2D eigenvalue weighted by atomic mass is 16.2. The van der Waals surface area contributed by atoms with Gasteiger partial charge in [-0.2, -0.15) is 0 Å². The van der Waals surface area contributed by atoms with E-state index < -0.39 is 0 Å². The lowest BCUT2D eigenvalue weighted by Gasteiger charge is -2.36. The Balaban J connectivity index is 2.03. The summed E-state index contributed by atoms with van der Waals surface area (Å²) in [7, 11) is 6.18. The third-order valence-corrected chi connectivity index (χ3v) is 5.10. The molecule has 3 heterocycles. The molecule has 0 radical (unpaired) electrons. The molecule has 0 spiro atoms. The molecule has 1 fully saturated rings. The number of carbonyl (C=O) groups is 1. The summed E-state index contributed by atoms with van der Waals surface area (Å²) in [5, 5.41) is 0. The highest BCUT2D eigenvalue weighted by molar-refractivity contribution is 5.92. The van der Waals surface area contributed by atoms with Gasteiger partial charge < -0.3 is 14.7 Å². The number of carbonyl (C=O) groups excluding carboxylic acids is 1. The standard InChI is InChI=1S/C19H29N5O/c1-13(2)19(25)24-10-7-6-8-16(24)17-20-15-12-23(5)11-9-14(15)18(21-17)22(3)4/h16H,1,6-12H2,2-5H3. The first-order valence-corrected chi connectivity index (χ1v) is 9.10. The Morgan fingerprint density at radius 3 is 2.68 bits per heavy atom. The Hall–Kier alpha value is -1.95. The van der Waals surface area contributed by atoms with Crippen LogP contribution >= 0.6 is 0 Å². The minimum absolute atomic E-state index is 0.0227.